The molecular weight excluding hydrogens is 545 g/mol. The van der Waals surface area contributed by atoms with Gasteiger partial charge in [-0.2, -0.15) is 0 Å². The van der Waals surface area contributed by atoms with Crippen LogP contribution < -0.4 is 9.47 Å². The van der Waals surface area contributed by atoms with Crippen LogP contribution in [0.4, 0.5) is 15.3 Å². The number of nitro benzene ring substituents is 1. The van der Waals surface area contributed by atoms with Crippen LogP contribution >= 0.6 is 23.2 Å². The summed E-state index contributed by atoms with van der Waals surface area (Å²) in [5.41, 5.74) is 1.73. The minimum absolute atomic E-state index is 0.113. The largest absolute Gasteiger partial charge is 0.415 e. The van der Waals surface area contributed by atoms with Gasteiger partial charge < -0.3 is 9.47 Å². The zero-order chi connectivity index (χ0) is 27.5. The molecule has 0 aliphatic carbocycles. The molecule has 0 aliphatic heterocycles. The minimum atomic E-state index is -0.980. The summed E-state index contributed by atoms with van der Waals surface area (Å²) in [6.07, 6.45) is 0. The summed E-state index contributed by atoms with van der Waals surface area (Å²) in [5.74, 6) is 0.463. The van der Waals surface area contributed by atoms with Crippen molar-refractivity contribution in [2.45, 2.75) is 0 Å². The first-order chi connectivity index (χ1) is 18.8. The molecule has 0 saturated carbocycles. The van der Waals surface area contributed by atoms with Gasteiger partial charge in [0, 0.05) is 40.4 Å². The molecule has 0 bridgehead atoms. The average Bonchev–Trinajstić information content (AvgIpc) is 2.92. The topological polar surface area (TPSA) is 122 Å². The number of hydrogen-bond acceptors (Lipinski definition) is 8. The van der Waals surface area contributed by atoms with Gasteiger partial charge in [-0.1, -0.05) is 30.3 Å². The normalized spacial score (nSPS) is 10.7. The van der Waals surface area contributed by atoms with E-state index in [1.54, 1.807) is 78.9 Å². The van der Waals surface area contributed by atoms with Gasteiger partial charge in [0.25, 0.3) is 5.69 Å². The third-order valence-corrected chi connectivity index (χ3v) is 5.88. The van der Waals surface area contributed by atoms with E-state index in [2.05, 4.69) is 0 Å². The number of benzene rings is 4. The number of carbonyl (C=O) groups excluding carboxylic acids is 2. The van der Waals surface area contributed by atoms with Gasteiger partial charge in [0.1, 0.15) is 17.0 Å². The molecule has 11 heteroatoms. The van der Waals surface area contributed by atoms with Crippen LogP contribution in [0.3, 0.4) is 0 Å². The van der Waals surface area contributed by atoms with E-state index < -0.39 is 15.8 Å². The molecule has 1 heterocycles. The van der Waals surface area contributed by atoms with Crippen molar-refractivity contribution in [3.05, 3.63) is 101 Å². The van der Waals surface area contributed by atoms with Gasteiger partial charge >= 0.3 is 10.9 Å². The number of hydrogen-bond donors (Lipinski definition) is 0. The van der Waals surface area contributed by atoms with Crippen LogP contribution in [-0.4, -0.2) is 25.7 Å². The Morgan fingerprint density at radius 2 is 1.18 bits per heavy atom. The van der Waals surface area contributed by atoms with Crippen LogP contribution in [0.5, 0.6) is 11.5 Å². The lowest BCUT2D eigenvalue weighted by molar-refractivity contribution is -0.384. The predicted octanol–water partition coefficient (Wildman–Crippen LogP) is 8.01. The highest BCUT2D eigenvalue weighted by Gasteiger charge is 2.23. The second-order valence-corrected chi connectivity index (χ2v) is 8.72. The van der Waals surface area contributed by atoms with Crippen molar-refractivity contribution in [1.82, 2.24) is 9.97 Å². The molecule has 0 amide bonds. The van der Waals surface area contributed by atoms with Crippen molar-refractivity contribution >= 4 is 50.8 Å². The third kappa shape index (κ3) is 5.54. The summed E-state index contributed by atoms with van der Waals surface area (Å²) in [7, 11) is 0. The first-order valence-corrected chi connectivity index (χ1v) is 12.1. The Hall–Kier alpha value is -4.86. The zero-order valence-corrected chi connectivity index (χ0v) is 21.2. The molecular formula is C28H15Cl2N3O6. The smallest absolute Gasteiger partial charge is 0.409 e. The van der Waals surface area contributed by atoms with E-state index in [1.807, 2.05) is 6.07 Å². The standard InChI is InChI=1S/C28H15Cl2N3O6/c29-27(34)38-19-10-6-17(7-11-19)24-25(18-8-12-20(13-9-18)39-28(30)35)32-26-21(31-24)14-15-22(33(36)37)23(26)16-4-2-1-3-5-16/h1-15H. The molecule has 0 radical (unpaired) electrons. The van der Waals surface area contributed by atoms with E-state index >= 15 is 0 Å². The lowest BCUT2D eigenvalue weighted by atomic mass is 9.99. The van der Waals surface area contributed by atoms with Crippen LogP contribution in [0.25, 0.3) is 44.7 Å². The molecule has 0 unspecified atom stereocenters. The highest BCUT2D eigenvalue weighted by atomic mass is 35.5. The fourth-order valence-corrected chi connectivity index (χ4v) is 4.28. The third-order valence-electron chi connectivity index (χ3n) is 5.73. The van der Waals surface area contributed by atoms with Crippen LogP contribution in [0, 0.1) is 10.1 Å². The van der Waals surface area contributed by atoms with E-state index in [0.717, 1.165) is 0 Å². The van der Waals surface area contributed by atoms with Crippen LogP contribution in [0.2, 0.25) is 0 Å². The van der Waals surface area contributed by atoms with Crippen molar-refractivity contribution in [3.63, 3.8) is 0 Å². The minimum Gasteiger partial charge on any atom is -0.415 e. The molecule has 5 aromatic rings. The molecule has 0 saturated heterocycles. The van der Waals surface area contributed by atoms with Crippen molar-refractivity contribution < 1.29 is 24.0 Å². The Balaban J connectivity index is 1.77. The molecule has 1 aromatic heterocycles. The van der Waals surface area contributed by atoms with Crippen LogP contribution in [0.15, 0.2) is 91.0 Å². The van der Waals surface area contributed by atoms with Crippen molar-refractivity contribution in [2.75, 3.05) is 0 Å². The van der Waals surface area contributed by atoms with Crippen LogP contribution in [0.1, 0.15) is 0 Å². The molecule has 5 rings (SSSR count). The molecule has 0 atom stereocenters. The number of carbonyl (C=O) groups is 2. The van der Waals surface area contributed by atoms with E-state index in [1.165, 1.54) is 6.07 Å². The van der Waals surface area contributed by atoms with Crippen molar-refractivity contribution in [2.24, 2.45) is 0 Å². The first kappa shape index (κ1) is 25.8. The number of ether oxygens (including phenoxy) is 2. The second-order valence-electron chi connectivity index (χ2n) is 8.10. The van der Waals surface area contributed by atoms with Gasteiger partial charge in [0.2, 0.25) is 0 Å². The van der Waals surface area contributed by atoms with Gasteiger partial charge in [0.05, 0.1) is 27.4 Å². The number of aromatic nitrogens is 2. The maximum Gasteiger partial charge on any atom is 0.409 e. The molecule has 4 aromatic carbocycles. The van der Waals surface area contributed by atoms with E-state index in [-0.39, 0.29) is 17.2 Å². The summed E-state index contributed by atoms with van der Waals surface area (Å²) in [4.78, 5) is 43.5. The maximum absolute atomic E-state index is 12.0. The molecule has 192 valence electrons. The molecule has 0 spiro atoms. The van der Waals surface area contributed by atoms with E-state index in [9.17, 15) is 19.7 Å². The summed E-state index contributed by atoms with van der Waals surface area (Å²) >= 11 is 10.6. The van der Waals surface area contributed by atoms with E-state index in [0.29, 0.717) is 44.7 Å². The fourth-order valence-electron chi connectivity index (χ4n) is 4.10. The summed E-state index contributed by atoms with van der Waals surface area (Å²) in [6.45, 7) is 0. The monoisotopic (exact) mass is 559 g/mol. The number of rotatable bonds is 6. The quantitative estimate of drug-likeness (QED) is 0.116. The van der Waals surface area contributed by atoms with E-state index in [4.69, 9.17) is 42.6 Å². The van der Waals surface area contributed by atoms with Gasteiger partial charge in [-0.15, -0.1) is 0 Å². The lowest BCUT2D eigenvalue weighted by Crippen LogP contribution is -2.00. The number of nitro groups is 1. The highest BCUT2D eigenvalue weighted by molar-refractivity contribution is 6.61. The summed E-state index contributed by atoms with van der Waals surface area (Å²) in [5, 5.41) is 12.0. The number of halogens is 2. The Morgan fingerprint density at radius 3 is 1.67 bits per heavy atom. The second kappa shape index (κ2) is 10.9. The Kier molecular flexibility index (Phi) is 7.18. The lowest BCUT2D eigenvalue weighted by Gasteiger charge is -2.14. The van der Waals surface area contributed by atoms with Crippen molar-refractivity contribution in [3.8, 4) is 45.1 Å². The number of nitrogens with zero attached hydrogens (tertiary/aromatic N) is 3. The molecule has 0 fully saturated rings. The zero-order valence-electron chi connectivity index (χ0n) is 19.7. The fraction of sp³-hybridized carbons (Fsp3) is 0. The number of fused-ring (bicyclic) bond motifs is 1. The highest BCUT2D eigenvalue weighted by Crippen LogP contribution is 2.39. The SMILES string of the molecule is O=C(Cl)Oc1ccc(-c2nc3ccc([N+](=O)[O-])c(-c4ccccc4)c3nc2-c2ccc(OC(=O)Cl)cc2)cc1. The van der Waals surface area contributed by atoms with Crippen LogP contribution in [-0.2, 0) is 0 Å². The Bertz CT molecular complexity index is 1730. The molecule has 0 aliphatic rings. The van der Waals surface area contributed by atoms with Gasteiger partial charge in [-0.3, -0.25) is 10.1 Å². The Morgan fingerprint density at radius 1 is 0.667 bits per heavy atom. The average molecular weight is 560 g/mol. The molecule has 0 N–H and O–H groups in total. The maximum atomic E-state index is 12.0. The van der Waals surface area contributed by atoms with Gasteiger partial charge in [0.15, 0.2) is 0 Å². The van der Waals surface area contributed by atoms with Gasteiger partial charge in [-0.25, -0.2) is 19.6 Å². The summed E-state index contributed by atoms with van der Waals surface area (Å²) in [6, 6.07) is 24.8. The molecule has 9 nitrogen and oxygen atoms in total. The van der Waals surface area contributed by atoms with Gasteiger partial charge in [-0.05, 0) is 60.2 Å². The first-order valence-electron chi connectivity index (χ1n) is 11.3. The Labute approximate surface area is 230 Å². The molecule has 39 heavy (non-hydrogen) atoms. The predicted molar refractivity (Wildman–Crippen MR) is 146 cm³/mol. The summed E-state index contributed by atoms with van der Waals surface area (Å²) < 4.78 is 9.83. The van der Waals surface area contributed by atoms with Crippen molar-refractivity contribution in [1.29, 1.82) is 0 Å².